The highest BCUT2D eigenvalue weighted by molar-refractivity contribution is 6.93. The fourth-order valence-electron chi connectivity index (χ4n) is 19.2. The number of hydrogen-bond acceptors (Lipinski definition) is 2. The number of aromatic nitrogens is 1. The van der Waals surface area contributed by atoms with E-state index < -0.39 is 0 Å². The Morgan fingerprint density at radius 3 is 1.74 bits per heavy atom. The summed E-state index contributed by atoms with van der Waals surface area (Å²) in [4.78, 5) is 2.76. The van der Waals surface area contributed by atoms with E-state index >= 15 is 0 Å². The zero-order valence-corrected chi connectivity index (χ0v) is 43.2. The van der Waals surface area contributed by atoms with Crippen LogP contribution in [0.25, 0.3) is 82.5 Å². The van der Waals surface area contributed by atoms with E-state index in [1.54, 1.807) is 11.1 Å². The molecule has 0 saturated heterocycles. The van der Waals surface area contributed by atoms with Gasteiger partial charge in [-0.1, -0.05) is 99.6 Å². The second-order valence-corrected chi connectivity index (χ2v) is 27.0. The lowest BCUT2D eigenvalue weighted by Crippen LogP contribution is -2.61. The smallest absolute Gasteiger partial charge is 0.333 e. The van der Waals surface area contributed by atoms with E-state index in [1.165, 1.54) is 176 Å². The number of nitrogens with zero attached hydrogens (tertiary/aromatic N) is 2. The lowest BCUT2D eigenvalue weighted by atomic mass is 9.42. The van der Waals surface area contributed by atoms with Crippen LogP contribution in [-0.4, -0.2) is 11.4 Å². The lowest BCUT2D eigenvalue weighted by molar-refractivity contribution is -0.00526. The minimum atomic E-state index is -0.0574. The third-order valence-electron chi connectivity index (χ3n) is 21.5. The average Bonchev–Trinajstić information content (AvgIpc) is 4.07. The molecule has 8 aromatic carbocycles. The Kier molecular flexibility index (Phi) is 8.04. The van der Waals surface area contributed by atoms with Crippen LogP contribution in [0.15, 0.2) is 150 Å². The Labute approximate surface area is 435 Å². The molecule has 0 N–H and O–H groups in total. The van der Waals surface area contributed by atoms with Crippen molar-refractivity contribution >= 4 is 83.7 Å². The van der Waals surface area contributed by atoms with Crippen molar-refractivity contribution in [2.45, 2.75) is 114 Å². The van der Waals surface area contributed by atoms with Crippen LogP contribution in [0.4, 0.5) is 11.4 Å². The van der Waals surface area contributed by atoms with E-state index in [2.05, 4.69) is 176 Å². The minimum absolute atomic E-state index is 0.0368. The Morgan fingerprint density at radius 2 is 1.08 bits per heavy atom. The molecule has 2 aromatic heterocycles. The molecule has 10 aliphatic rings. The largest absolute Gasteiger partial charge is 0.456 e. The van der Waals surface area contributed by atoms with Crippen molar-refractivity contribution in [3.63, 3.8) is 0 Å². The van der Waals surface area contributed by atoms with Crippen LogP contribution >= 0.6 is 0 Å². The van der Waals surface area contributed by atoms with Gasteiger partial charge in [0, 0.05) is 50.2 Å². The van der Waals surface area contributed by atoms with Gasteiger partial charge in [0.05, 0.1) is 11.0 Å². The van der Waals surface area contributed by atoms with Gasteiger partial charge in [0.2, 0.25) is 0 Å². The van der Waals surface area contributed by atoms with Gasteiger partial charge in [0.25, 0.3) is 0 Å². The number of furan rings is 1. The highest BCUT2D eigenvalue weighted by Gasteiger charge is 2.54. The van der Waals surface area contributed by atoms with Crippen molar-refractivity contribution < 1.29 is 4.42 Å². The first kappa shape index (κ1) is 41.8. The predicted octanol–water partition coefficient (Wildman–Crippen LogP) is 17.0. The van der Waals surface area contributed by atoms with Gasteiger partial charge in [-0.05, 0) is 245 Å². The van der Waals surface area contributed by atoms with E-state index in [1.807, 2.05) is 0 Å². The molecule has 0 radical (unpaired) electrons. The van der Waals surface area contributed by atoms with Crippen molar-refractivity contribution in [2.75, 3.05) is 4.81 Å². The van der Waals surface area contributed by atoms with E-state index in [9.17, 15) is 0 Å². The maximum Gasteiger partial charge on any atom is 0.333 e. The predicted molar refractivity (Wildman–Crippen MR) is 308 cm³/mol. The highest BCUT2D eigenvalue weighted by Crippen LogP contribution is 2.63. The van der Waals surface area contributed by atoms with Crippen LogP contribution in [0, 0.1) is 35.5 Å². The van der Waals surface area contributed by atoms with Crippen LogP contribution in [0.3, 0.4) is 0 Å². The first-order valence-electron chi connectivity index (χ1n) is 28.7. The zero-order valence-electron chi connectivity index (χ0n) is 43.2. The molecule has 0 spiro atoms. The van der Waals surface area contributed by atoms with Gasteiger partial charge in [-0.25, -0.2) is 0 Å². The molecule has 8 aliphatic carbocycles. The molecule has 362 valence electrons. The fraction of sp³-hybridized carbons (Fsp3) is 0.343. The number of hydrogen-bond donors (Lipinski definition) is 0. The number of anilines is 2. The van der Waals surface area contributed by atoms with Crippen LogP contribution in [0.1, 0.15) is 115 Å². The molecule has 20 rings (SSSR count). The fourth-order valence-corrected chi connectivity index (χ4v) is 19.2. The van der Waals surface area contributed by atoms with Crippen LogP contribution in [-0.2, 0) is 16.2 Å². The van der Waals surface area contributed by atoms with Gasteiger partial charge in [-0.15, -0.1) is 0 Å². The lowest BCUT2D eigenvalue weighted by Gasteiger charge is -2.57. The summed E-state index contributed by atoms with van der Waals surface area (Å²) < 4.78 is 9.82. The molecule has 3 nitrogen and oxygen atoms in total. The average molecular weight is 959 g/mol. The Hall–Kier alpha value is -6.52. The Bertz CT molecular complexity index is 4020. The summed E-state index contributed by atoms with van der Waals surface area (Å²) in [5.74, 6) is 5.31. The van der Waals surface area contributed by atoms with Crippen LogP contribution in [0.2, 0.25) is 0 Å². The van der Waals surface area contributed by atoms with Gasteiger partial charge in [-0.2, -0.15) is 0 Å². The number of rotatable bonds is 4. The molecule has 2 aliphatic heterocycles. The maximum absolute atomic E-state index is 7.04. The molecule has 8 saturated carbocycles. The van der Waals surface area contributed by atoms with Crippen LogP contribution < -0.4 is 15.7 Å². The van der Waals surface area contributed by atoms with E-state index in [4.69, 9.17) is 4.42 Å². The van der Waals surface area contributed by atoms with Crippen molar-refractivity contribution in [1.82, 2.24) is 4.57 Å². The summed E-state index contributed by atoms with van der Waals surface area (Å²) in [5, 5.41) is 7.77. The van der Waals surface area contributed by atoms with Crippen molar-refractivity contribution in [3.05, 3.63) is 162 Å². The summed E-state index contributed by atoms with van der Waals surface area (Å²) in [6, 6.07) is 57.9. The monoisotopic (exact) mass is 959 g/mol. The van der Waals surface area contributed by atoms with E-state index in [0.29, 0.717) is 5.41 Å². The third kappa shape index (κ3) is 5.65. The summed E-state index contributed by atoms with van der Waals surface area (Å²) in [6.45, 7) is 6.97. The summed E-state index contributed by atoms with van der Waals surface area (Å²) in [5.41, 5.74) is 21.7. The quantitative estimate of drug-likeness (QED) is 0.164. The first-order valence-corrected chi connectivity index (χ1v) is 28.7. The Balaban J connectivity index is 0.967. The molecule has 0 amide bonds. The number of benzene rings is 8. The normalized spacial score (nSPS) is 27.9. The molecule has 0 atom stereocenters. The molecule has 4 heteroatoms. The van der Waals surface area contributed by atoms with Crippen molar-refractivity contribution in [2.24, 2.45) is 35.5 Å². The van der Waals surface area contributed by atoms with Gasteiger partial charge in [-0.3, -0.25) is 0 Å². The summed E-state index contributed by atoms with van der Waals surface area (Å²) in [7, 11) is 0. The van der Waals surface area contributed by atoms with E-state index in [-0.39, 0.29) is 17.7 Å². The molecule has 8 bridgehead atoms. The molecule has 10 aromatic rings. The molecule has 0 unspecified atom stereocenters. The molecule has 8 fully saturated rings. The molecular weight excluding hydrogens is 896 g/mol. The third-order valence-corrected chi connectivity index (χ3v) is 21.5. The zero-order chi connectivity index (χ0) is 48.6. The second kappa shape index (κ2) is 14.2. The SMILES string of the molecule is CC(C)(C)c1ccc(N2B3c4c(cc(-c5ccccc5)cc4-n4c5ccc(C67CC8CC(CC(C8)C6)C7)cc5c5cc(C67CC8CC(CC(C8)C6)C7)cc3c54)-c3cc4c(cc32)oc2cc3ccccc3cc24)cc1. The minimum Gasteiger partial charge on any atom is -0.456 e. The van der Waals surface area contributed by atoms with E-state index in [0.717, 1.165) is 46.7 Å². The van der Waals surface area contributed by atoms with Gasteiger partial charge in [0.1, 0.15) is 11.2 Å². The molecule has 74 heavy (non-hydrogen) atoms. The van der Waals surface area contributed by atoms with Gasteiger partial charge < -0.3 is 13.8 Å². The summed E-state index contributed by atoms with van der Waals surface area (Å²) in [6.07, 6.45) is 17.0. The Morgan fingerprint density at radius 1 is 0.486 bits per heavy atom. The van der Waals surface area contributed by atoms with Crippen molar-refractivity contribution in [1.29, 1.82) is 0 Å². The second-order valence-electron chi connectivity index (χ2n) is 27.0. The maximum atomic E-state index is 7.04. The van der Waals surface area contributed by atoms with Gasteiger partial charge >= 0.3 is 6.85 Å². The molecule has 4 heterocycles. The number of fused-ring (bicyclic) bond motifs is 11. The van der Waals surface area contributed by atoms with Crippen molar-refractivity contribution in [3.8, 4) is 27.9 Å². The molecular formula is C70H63BN2O. The summed E-state index contributed by atoms with van der Waals surface area (Å²) >= 11 is 0. The van der Waals surface area contributed by atoms with Gasteiger partial charge in [0.15, 0.2) is 0 Å². The first-order chi connectivity index (χ1) is 36.1. The van der Waals surface area contributed by atoms with Crippen LogP contribution in [0.5, 0.6) is 0 Å². The standard InChI is InChI=1S/C70H63BN2O/c1-68(2,3)50-13-16-53(17-14-50)73-62-33-65-57(56-25-47-11-7-8-12-48(47)28-64(56)74-65)32-55(62)58-26-49(46-9-5-4-6-10-46)27-63-66(58)71(73)60-31-52(70-37-43-22-44(38-70)24-45(23-43)39-70)30-59-54-29-51(15-18-61(54)72(63)67(59)60)69-34-40-19-41(35-69)21-42(20-40)36-69/h4-18,25-33,40-45H,19-24,34-39H2,1-3H3. The highest BCUT2D eigenvalue weighted by atomic mass is 16.3. The topological polar surface area (TPSA) is 21.3 Å².